The summed E-state index contributed by atoms with van der Waals surface area (Å²) in [4.78, 5) is 16.2. The second kappa shape index (κ2) is 14.0. The molecule has 0 radical (unpaired) electrons. The van der Waals surface area contributed by atoms with Crippen molar-refractivity contribution in [3.63, 3.8) is 0 Å². The van der Waals surface area contributed by atoms with Crippen LogP contribution in [0.2, 0.25) is 0 Å². The number of sulfonamides is 1. The lowest BCUT2D eigenvalue weighted by Crippen LogP contribution is -2.46. The number of rotatable bonds is 12. The summed E-state index contributed by atoms with van der Waals surface area (Å²) in [6, 6.07) is 27.1. The van der Waals surface area contributed by atoms with Gasteiger partial charge in [-0.25, -0.2) is 8.42 Å². The van der Waals surface area contributed by atoms with Crippen LogP contribution >= 0.6 is 11.8 Å². The minimum absolute atomic E-state index is 0.203. The van der Waals surface area contributed by atoms with Gasteiger partial charge in [-0.05, 0) is 81.2 Å². The van der Waals surface area contributed by atoms with E-state index in [4.69, 9.17) is 0 Å². The molecule has 0 spiro atoms. The summed E-state index contributed by atoms with van der Waals surface area (Å²) in [5, 5.41) is 5.94. The van der Waals surface area contributed by atoms with E-state index in [2.05, 4.69) is 22.6 Å². The second-order valence-corrected chi connectivity index (χ2v) is 13.9. The highest BCUT2D eigenvalue weighted by Gasteiger charge is 2.40. The molecule has 0 saturated carbocycles. The van der Waals surface area contributed by atoms with E-state index in [-0.39, 0.29) is 16.8 Å². The van der Waals surface area contributed by atoms with Crippen molar-refractivity contribution in [2.75, 3.05) is 39.0 Å². The van der Waals surface area contributed by atoms with Crippen molar-refractivity contribution in [1.29, 1.82) is 0 Å². The number of hydrogen-bond acceptors (Lipinski definition) is 6. The van der Waals surface area contributed by atoms with Gasteiger partial charge in [0.2, 0.25) is 15.9 Å². The van der Waals surface area contributed by atoms with Gasteiger partial charge in [-0.15, -0.1) is 11.8 Å². The summed E-state index contributed by atoms with van der Waals surface area (Å²) >= 11 is 1.38. The average Bonchev–Trinajstić information content (AvgIpc) is 3.67. The van der Waals surface area contributed by atoms with Gasteiger partial charge in [0, 0.05) is 18.3 Å². The lowest BCUT2D eigenvalue weighted by molar-refractivity contribution is -0.122. The van der Waals surface area contributed by atoms with Crippen LogP contribution in [0.5, 0.6) is 0 Å². The Morgan fingerprint density at radius 3 is 2.29 bits per heavy atom. The number of carbonyl (C=O) groups is 1. The fraction of sp³-hybridized carbons (Fsp3) is 0.406. The van der Waals surface area contributed by atoms with Crippen molar-refractivity contribution in [3.8, 4) is 11.1 Å². The minimum atomic E-state index is -3.83. The van der Waals surface area contributed by atoms with E-state index in [1.54, 1.807) is 12.1 Å². The monoisotopic (exact) mass is 592 g/mol. The highest BCUT2D eigenvalue weighted by atomic mass is 32.2. The van der Waals surface area contributed by atoms with Crippen molar-refractivity contribution >= 4 is 27.7 Å². The highest BCUT2D eigenvalue weighted by Crippen LogP contribution is 2.32. The van der Waals surface area contributed by atoms with Crippen LogP contribution in [0.1, 0.15) is 37.3 Å². The first-order valence-corrected chi connectivity index (χ1v) is 17.0. The second-order valence-electron chi connectivity index (χ2n) is 10.8. The molecule has 0 aliphatic carbocycles. The Kier molecular flexibility index (Phi) is 10.2. The van der Waals surface area contributed by atoms with Crippen molar-refractivity contribution in [2.45, 2.75) is 48.0 Å². The van der Waals surface area contributed by atoms with Gasteiger partial charge in [0.25, 0.3) is 0 Å². The van der Waals surface area contributed by atoms with Gasteiger partial charge in [-0.2, -0.15) is 4.31 Å². The summed E-state index contributed by atoms with van der Waals surface area (Å²) in [6.07, 6.45) is 4.38. The van der Waals surface area contributed by atoms with Crippen molar-refractivity contribution < 1.29 is 13.2 Å². The zero-order valence-electron chi connectivity index (χ0n) is 23.6. The van der Waals surface area contributed by atoms with Crippen molar-refractivity contribution in [3.05, 3.63) is 90.5 Å². The number of thioether (sulfide) groups is 1. The maximum absolute atomic E-state index is 13.6. The molecule has 9 heteroatoms. The molecule has 0 bridgehead atoms. The zero-order chi connectivity index (χ0) is 28.7. The van der Waals surface area contributed by atoms with Gasteiger partial charge in [0.1, 0.15) is 5.37 Å². The van der Waals surface area contributed by atoms with E-state index in [1.807, 2.05) is 72.8 Å². The van der Waals surface area contributed by atoms with Gasteiger partial charge in [0.05, 0.1) is 10.9 Å². The standard InChI is InChI=1S/C32H40N4O3S2/c1-35-22-8-13-28(35)18-20-33-21-19-30(27-11-6-3-7-12-27)34-31(37)32-36(23-24-40-32)41(38,39)29-16-14-26(15-17-29)25-9-4-2-5-10-25/h2-7,9-12,14-17,28,30,32-33H,8,13,18-24H2,1H3,(H,34,37). The molecule has 3 unspecified atom stereocenters. The van der Waals surface area contributed by atoms with Crippen LogP contribution in [0.25, 0.3) is 11.1 Å². The van der Waals surface area contributed by atoms with E-state index >= 15 is 0 Å². The van der Waals surface area contributed by atoms with Crippen molar-refractivity contribution in [1.82, 2.24) is 19.8 Å². The molecule has 7 nitrogen and oxygen atoms in total. The Labute approximate surface area is 248 Å². The summed E-state index contributed by atoms with van der Waals surface area (Å²) < 4.78 is 28.6. The molecule has 2 saturated heterocycles. The van der Waals surface area contributed by atoms with Gasteiger partial charge in [-0.1, -0.05) is 72.8 Å². The van der Waals surface area contributed by atoms with E-state index in [0.717, 1.165) is 42.6 Å². The minimum Gasteiger partial charge on any atom is -0.347 e. The third kappa shape index (κ3) is 7.40. The number of likely N-dealkylation sites (tertiary alicyclic amines) is 1. The number of nitrogens with one attached hydrogen (secondary N) is 2. The molecular formula is C32H40N4O3S2. The van der Waals surface area contributed by atoms with Gasteiger partial charge in [0.15, 0.2) is 0 Å². The maximum Gasteiger partial charge on any atom is 0.249 e. The molecule has 3 aromatic carbocycles. The Hall–Kier alpha value is -2.69. The summed E-state index contributed by atoms with van der Waals surface area (Å²) in [5.41, 5.74) is 2.99. The largest absolute Gasteiger partial charge is 0.347 e. The van der Waals surface area contributed by atoms with E-state index in [0.29, 0.717) is 18.3 Å². The van der Waals surface area contributed by atoms with Crippen LogP contribution in [-0.2, 0) is 14.8 Å². The van der Waals surface area contributed by atoms with E-state index in [9.17, 15) is 13.2 Å². The SMILES string of the molecule is CN1CCCC1CCNCCC(NC(=O)C1SCCN1S(=O)(=O)c1ccc(-c2ccccc2)cc1)c1ccccc1. The molecule has 2 aliphatic rings. The molecule has 1 amide bonds. The smallest absolute Gasteiger partial charge is 0.249 e. The number of nitrogens with zero attached hydrogens (tertiary/aromatic N) is 2. The first-order chi connectivity index (χ1) is 19.9. The summed E-state index contributed by atoms with van der Waals surface area (Å²) in [5.74, 6) is 0.311. The van der Waals surface area contributed by atoms with E-state index in [1.165, 1.54) is 35.5 Å². The highest BCUT2D eigenvalue weighted by molar-refractivity contribution is 8.02. The van der Waals surface area contributed by atoms with Crippen LogP contribution in [0.15, 0.2) is 89.8 Å². The first kappa shape index (κ1) is 29.8. The summed E-state index contributed by atoms with van der Waals surface area (Å²) in [6.45, 7) is 3.19. The number of amides is 1. The lowest BCUT2D eigenvalue weighted by Gasteiger charge is -2.26. The molecule has 2 heterocycles. The van der Waals surface area contributed by atoms with Gasteiger partial charge in [-0.3, -0.25) is 4.79 Å². The zero-order valence-corrected chi connectivity index (χ0v) is 25.2. The average molecular weight is 593 g/mol. The van der Waals surface area contributed by atoms with Gasteiger partial charge < -0.3 is 15.5 Å². The lowest BCUT2D eigenvalue weighted by atomic mass is 10.0. The van der Waals surface area contributed by atoms with Crippen LogP contribution in [0, 0.1) is 0 Å². The molecule has 3 aromatic rings. The third-order valence-corrected chi connectivity index (χ3v) is 11.3. The normalized spacial score (nSPS) is 20.7. The molecule has 3 atom stereocenters. The third-order valence-electron chi connectivity index (χ3n) is 8.10. The Balaban J connectivity index is 1.22. The molecular weight excluding hydrogens is 553 g/mol. The molecule has 2 aliphatic heterocycles. The number of hydrogen-bond donors (Lipinski definition) is 2. The fourth-order valence-electron chi connectivity index (χ4n) is 5.73. The molecule has 218 valence electrons. The molecule has 0 aromatic heterocycles. The number of carbonyl (C=O) groups excluding carboxylic acids is 1. The van der Waals surface area contributed by atoms with Crippen LogP contribution in [-0.4, -0.2) is 73.9 Å². The van der Waals surface area contributed by atoms with E-state index < -0.39 is 15.4 Å². The predicted octanol–water partition coefficient (Wildman–Crippen LogP) is 4.74. The number of benzene rings is 3. The Bertz CT molecular complexity index is 1370. The predicted molar refractivity (Wildman–Crippen MR) is 167 cm³/mol. The topological polar surface area (TPSA) is 81.8 Å². The molecule has 2 N–H and O–H groups in total. The quantitative estimate of drug-likeness (QED) is 0.296. The fourth-order valence-corrected chi connectivity index (χ4v) is 8.81. The molecule has 2 fully saturated rings. The van der Waals surface area contributed by atoms with Crippen LogP contribution in [0.3, 0.4) is 0 Å². The van der Waals surface area contributed by atoms with Crippen LogP contribution < -0.4 is 10.6 Å². The first-order valence-electron chi connectivity index (χ1n) is 14.5. The maximum atomic E-state index is 13.6. The molecule has 5 rings (SSSR count). The summed E-state index contributed by atoms with van der Waals surface area (Å²) in [7, 11) is -1.64. The van der Waals surface area contributed by atoms with Gasteiger partial charge >= 0.3 is 0 Å². The van der Waals surface area contributed by atoms with Crippen molar-refractivity contribution in [2.24, 2.45) is 0 Å². The molecule has 41 heavy (non-hydrogen) atoms. The Morgan fingerprint density at radius 2 is 1.61 bits per heavy atom. The Morgan fingerprint density at radius 1 is 0.927 bits per heavy atom. The van der Waals surface area contributed by atoms with Crippen LogP contribution in [0.4, 0.5) is 0 Å².